The van der Waals surface area contributed by atoms with Crippen molar-refractivity contribution in [2.24, 2.45) is 0 Å². The van der Waals surface area contributed by atoms with E-state index in [4.69, 9.17) is 4.74 Å². The zero-order valence-corrected chi connectivity index (χ0v) is 13.8. The molecule has 0 radical (unpaired) electrons. The van der Waals surface area contributed by atoms with Crippen LogP contribution >= 0.6 is 0 Å². The molecule has 126 valence electrons. The van der Waals surface area contributed by atoms with Crippen LogP contribution in [-0.4, -0.2) is 42.1 Å². The molecule has 1 saturated heterocycles. The first-order valence-corrected chi connectivity index (χ1v) is 8.19. The van der Waals surface area contributed by atoms with Gasteiger partial charge in [-0.15, -0.1) is 0 Å². The number of amides is 1. The van der Waals surface area contributed by atoms with Gasteiger partial charge in [-0.05, 0) is 25.0 Å². The third-order valence-corrected chi connectivity index (χ3v) is 4.24. The maximum Gasteiger partial charge on any atom is 0.225 e. The van der Waals surface area contributed by atoms with Gasteiger partial charge in [-0.3, -0.25) is 4.79 Å². The lowest BCUT2D eigenvalue weighted by molar-refractivity contribution is -0.121. The average molecular weight is 326 g/mol. The van der Waals surface area contributed by atoms with Gasteiger partial charge in [0.1, 0.15) is 5.75 Å². The van der Waals surface area contributed by atoms with E-state index < -0.39 is 0 Å². The molecule has 1 aliphatic rings. The number of nitrogens with zero attached hydrogens (tertiary/aromatic N) is 3. The average Bonchev–Trinajstić information content (AvgIpc) is 2.63. The highest BCUT2D eigenvalue weighted by molar-refractivity contribution is 5.79. The van der Waals surface area contributed by atoms with Gasteiger partial charge < -0.3 is 15.0 Å². The summed E-state index contributed by atoms with van der Waals surface area (Å²) in [6.07, 6.45) is 5.64. The Hall–Kier alpha value is -2.63. The fourth-order valence-corrected chi connectivity index (χ4v) is 2.98. The van der Waals surface area contributed by atoms with Gasteiger partial charge in [-0.1, -0.05) is 18.2 Å². The largest absolute Gasteiger partial charge is 0.496 e. The van der Waals surface area contributed by atoms with Crippen LogP contribution < -0.4 is 15.0 Å². The van der Waals surface area contributed by atoms with E-state index >= 15 is 0 Å². The zero-order chi connectivity index (χ0) is 16.8. The van der Waals surface area contributed by atoms with E-state index in [0.29, 0.717) is 6.42 Å². The number of aromatic nitrogens is 2. The molecule has 1 aromatic carbocycles. The minimum Gasteiger partial charge on any atom is -0.496 e. The second-order valence-electron chi connectivity index (χ2n) is 5.87. The first-order valence-electron chi connectivity index (χ1n) is 8.19. The molecule has 1 N–H and O–H groups in total. The van der Waals surface area contributed by atoms with Crippen LogP contribution in [0, 0.1) is 0 Å². The number of methoxy groups -OCH3 is 1. The number of benzene rings is 1. The number of nitrogens with one attached hydrogen (secondary N) is 1. The molecule has 6 nitrogen and oxygen atoms in total. The van der Waals surface area contributed by atoms with Gasteiger partial charge in [0.25, 0.3) is 0 Å². The second kappa shape index (κ2) is 7.77. The van der Waals surface area contributed by atoms with Crippen LogP contribution in [0.3, 0.4) is 0 Å². The predicted molar refractivity (Wildman–Crippen MR) is 92.1 cm³/mol. The highest BCUT2D eigenvalue weighted by Gasteiger charge is 2.22. The lowest BCUT2D eigenvalue weighted by atomic mass is 10.0. The standard InChI is InChI=1S/C18H22N4O2/c1-24-16-6-3-2-5-14(16)13-17(23)21-15-7-11-22(12-8-15)18-19-9-4-10-20-18/h2-6,9-10,15H,7-8,11-13H2,1H3,(H,21,23). The fourth-order valence-electron chi connectivity index (χ4n) is 2.98. The van der Waals surface area contributed by atoms with Crippen LogP contribution in [0.15, 0.2) is 42.7 Å². The fraction of sp³-hybridized carbons (Fsp3) is 0.389. The zero-order valence-electron chi connectivity index (χ0n) is 13.8. The van der Waals surface area contributed by atoms with E-state index in [0.717, 1.165) is 43.2 Å². The minimum atomic E-state index is 0.0360. The van der Waals surface area contributed by atoms with Crippen molar-refractivity contribution in [3.05, 3.63) is 48.3 Å². The Kier molecular flexibility index (Phi) is 5.25. The summed E-state index contributed by atoms with van der Waals surface area (Å²) >= 11 is 0. The van der Waals surface area contributed by atoms with E-state index in [-0.39, 0.29) is 11.9 Å². The lowest BCUT2D eigenvalue weighted by Crippen LogP contribution is -2.45. The molecule has 6 heteroatoms. The number of carbonyl (C=O) groups is 1. The molecule has 24 heavy (non-hydrogen) atoms. The van der Waals surface area contributed by atoms with Crippen molar-refractivity contribution in [2.45, 2.75) is 25.3 Å². The number of anilines is 1. The number of para-hydroxylation sites is 1. The van der Waals surface area contributed by atoms with Crippen LogP contribution in [0.5, 0.6) is 5.75 Å². The van der Waals surface area contributed by atoms with Gasteiger partial charge in [0.2, 0.25) is 11.9 Å². The first-order chi connectivity index (χ1) is 11.8. The Balaban J connectivity index is 1.50. The molecule has 2 heterocycles. The molecule has 0 spiro atoms. The van der Waals surface area contributed by atoms with Crippen molar-refractivity contribution >= 4 is 11.9 Å². The number of carbonyl (C=O) groups excluding carboxylic acids is 1. The molecule has 1 aliphatic heterocycles. The summed E-state index contributed by atoms with van der Waals surface area (Å²) in [6.45, 7) is 1.70. The van der Waals surface area contributed by atoms with Crippen molar-refractivity contribution in [3.8, 4) is 5.75 Å². The van der Waals surface area contributed by atoms with E-state index in [1.54, 1.807) is 19.5 Å². The topological polar surface area (TPSA) is 67.3 Å². The molecule has 0 saturated carbocycles. The Morgan fingerprint density at radius 1 is 1.21 bits per heavy atom. The molecule has 3 rings (SSSR count). The molecule has 1 amide bonds. The number of hydrogen-bond acceptors (Lipinski definition) is 5. The Bertz CT molecular complexity index is 670. The van der Waals surface area contributed by atoms with Crippen LogP contribution in [0.25, 0.3) is 0 Å². The van der Waals surface area contributed by atoms with Crippen LogP contribution in [0.2, 0.25) is 0 Å². The molecule has 1 aromatic heterocycles. The van der Waals surface area contributed by atoms with Gasteiger partial charge in [-0.25, -0.2) is 9.97 Å². The van der Waals surface area contributed by atoms with E-state index in [1.165, 1.54) is 0 Å². The molecular formula is C18H22N4O2. The van der Waals surface area contributed by atoms with Gasteiger partial charge in [0.15, 0.2) is 0 Å². The van der Waals surface area contributed by atoms with E-state index in [1.807, 2.05) is 30.3 Å². The summed E-state index contributed by atoms with van der Waals surface area (Å²) in [5.41, 5.74) is 0.910. The van der Waals surface area contributed by atoms with Gasteiger partial charge in [-0.2, -0.15) is 0 Å². The van der Waals surface area contributed by atoms with Crippen LogP contribution in [0.4, 0.5) is 5.95 Å². The maximum absolute atomic E-state index is 12.3. The molecule has 0 bridgehead atoms. The predicted octanol–water partition coefficient (Wildman–Crippen LogP) is 1.81. The van der Waals surface area contributed by atoms with Gasteiger partial charge in [0.05, 0.1) is 13.5 Å². The lowest BCUT2D eigenvalue weighted by Gasteiger charge is -2.32. The molecule has 1 fully saturated rings. The summed E-state index contributed by atoms with van der Waals surface area (Å²) in [7, 11) is 1.62. The summed E-state index contributed by atoms with van der Waals surface area (Å²) in [4.78, 5) is 23.0. The van der Waals surface area contributed by atoms with Crippen molar-refractivity contribution in [2.75, 3.05) is 25.1 Å². The maximum atomic E-state index is 12.3. The highest BCUT2D eigenvalue weighted by atomic mass is 16.5. The molecule has 2 aromatic rings. The van der Waals surface area contributed by atoms with Gasteiger partial charge in [0, 0.05) is 37.1 Å². The van der Waals surface area contributed by atoms with E-state index in [2.05, 4.69) is 20.2 Å². The monoisotopic (exact) mass is 326 g/mol. The second-order valence-corrected chi connectivity index (χ2v) is 5.87. The van der Waals surface area contributed by atoms with Crippen molar-refractivity contribution in [1.82, 2.24) is 15.3 Å². The number of ether oxygens (including phenoxy) is 1. The Labute approximate surface area is 141 Å². The molecular weight excluding hydrogens is 304 g/mol. The molecule has 0 aliphatic carbocycles. The van der Waals surface area contributed by atoms with Crippen molar-refractivity contribution in [1.29, 1.82) is 0 Å². The highest BCUT2D eigenvalue weighted by Crippen LogP contribution is 2.19. The number of hydrogen-bond donors (Lipinski definition) is 1. The number of piperidine rings is 1. The summed E-state index contributed by atoms with van der Waals surface area (Å²) in [5, 5.41) is 3.13. The Morgan fingerprint density at radius 2 is 1.92 bits per heavy atom. The summed E-state index contributed by atoms with van der Waals surface area (Å²) < 4.78 is 5.30. The minimum absolute atomic E-state index is 0.0360. The number of rotatable bonds is 5. The molecule has 0 atom stereocenters. The third kappa shape index (κ3) is 4.01. The third-order valence-electron chi connectivity index (χ3n) is 4.24. The molecule has 0 unspecified atom stereocenters. The van der Waals surface area contributed by atoms with E-state index in [9.17, 15) is 4.79 Å². The summed E-state index contributed by atoms with van der Waals surface area (Å²) in [6, 6.07) is 9.64. The summed E-state index contributed by atoms with van der Waals surface area (Å²) in [5.74, 6) is 1.55. The smallest absolute Gasteiger partial charge is 0.225 e. The van der Waals surface area contributed by atoms with Gasteiger partial charge >= 0.3 is 0 Å². The van der Waals surface area contributed by atoms with Crippen LogP contribution in [-0.2, 0) is 11.2 Å². The van der Waals surface area contributed by atoms with Crippen LogP contribution in [0.1, 0.15) is 18.4 Å². The quantitative estimate of drug-likeness (QED) is 0.908. The van der Waals surface area contributed by atoms with Crippen molar-refractivity contribution < 1.29 is 9.53 Å². The normalized spacial score (nSPS) is 15.1. The Morgan fingerprint density at radius 3 is 2.62 bits per heavy atom. The first kappa shape index (κ1) is 16.2. The SMILES string of the molecule is COc1ccccc1CC(=O)NC1CCN(c2ncccn2)CC1. The van der Waals surface area contributed by atoms with Crippen molar-refractivity contribution in [3.63, 3.8) is 0 Å².